The van der Waals surface area contributed by atoms with Crippen LogP contribution in [0.2, 0.25) is 0 Å². The van der Waals surface area contributed by atoms with Crippen LogP contribution in [-0.4, -0.2) is 56.4 Å². The van der Waals surface area contributed by atoms with Crippen LogP contribution in [0.25, 0.3) is 0 Å². The van der Waals surface area contributed by atoms with Crippen molar-refractivity contribution in [1.82, 2.24) is 0 Å². The Morgan fingerprint density at radius 3 is 2.38 bits per heavy atom. The van der Waals surface area contributed by atoms with Gasteiger partial charge in [0.15, 0.2) is 0 Å². The Morgan fingerprint density at radius 1 is 1.44 bits per heavy atom. The highest BCUT2D eigenvalue weighted by Crippen LogP contribution is 2.33. The molecular weight excluding hydrogens is 233 g/mol. The second kappa shape index (κ2) is 6.69. The molecule has 98 valence electrons. The van der Waals surface area contributed by atoms with Crippen LogP contribution in [0.15, 0.2) is 0 Å². The highest BCUT2D eigenvalue weighted by Gasteiger charge is 2.22. The molecule has 0 amide bonds. The van der Waals surface area contributed by atoms with Crippen molar-refractivity contribution < 1.29 is 28.1 Å². The van der Waals surface area contributed by atoms with Crippen molar-refractivity contribution in [2.45, 2.75) is 19.4 Å². The van der Waals surface area contributed by atoms with Crippen LogP contribution >= 0.6 is 7.82 Å². The van der Waals surface area contributed by atoms with E-state index in [1.165, 1.54) is 0 Å². The minimum absolute atomic E-state index is 0.418. The third-order valence-electron chi connectivity index (χ3n) is 1.82. The number of phosphoric ester groups is 1. The van der Waals surface area contributed by atoms with Crippen LogP contribution in [-0.2, 0) is 13.8 Å². The summed E-state index contributed by atoms with van der Waals surface area (Å²) in [5.74, 6) is 0. The molecule has 2 atom stereocenters. The van der Waals surface area contributed by atoms with Crippen molar-refractivity contribution >= 4 is 7.82 Å². The van der Waals surface area contributed by atoms with Gasteiger partial charge in [0.1, 0.15) is 12.6 Å². The van der Waals surface area contributed by atoms with E-state index in [1.807, 2.05) is 28.1 Å². The number of phosphoric acid groups is 1. The molecule has 6 nitrogen and oxygen atoms in total. The number of likely N-dealkylation sites (N-methyl/N-ethyl adjacent to an activating group) is 1. The first-order valence-corrected chi connectivity index (χ1v) is 6.74. The maximum Gasteiger partial charge on any atom is 0.265 e. The lowest BCUT2D eigenvalue weighted by Crippen LogP contribution is -2.42. The molecule has 0 heterocycles. The average Bonchev–Trinajstić information content (AvgIpc) is 1.97. The van der Waals surface area contributed by atoms with E-state index in [2.05, 4.69) is 4.52 Å². The summed E-state index contributed by atoms with van der Waals surface area (Å²) in [5, 5.41) is 0. The normalized spacial score (nSPS) is 18.1. The Bertz CT molecular complexity index is 235. The van der Waals surface area contributed by atoms with Crippen LogP contribution in [0, 0.1) is 0 Å². The summed E-state index contributed by atoms with van der Waals surface area (Å²) in [7, 11) is 1.09. The van der Waals surface area contributed by atoms with Crippen LogP contribution in [0.1, 0.15) is 13.3 Å². The fourth-order valence-corrected chi connectivity index (χ4v) is 1.88. The topological polar surface area (TPSA) is 78.8 Å². The number of ether oxygens (including phenoxy) is 1. The lowest BCUT2D eigenvalue weighted by molar-refractivity contribution is -0.873. The number of nitrogens with zero attached hydrogens (tertiary/aromatic N) is 1. The van der Waals surface area contributed by atoms with Crippen LogP contribution in [0.3, 0.4) is 0 Å². The number of rotatable bonds is 8. The minimum atomic E-state index is -4.67. The van der Waals surface area contributed by atoms with Crippen molar-refractivity contribution in [1.29, 1.82) is 0 Å². The van der Waals surface area contributed by atoms with Crippen molar-refractivity contribution in [3.8, 4) is 0 Å². The van der Waals surface area contributed by atoms with Gasteiger partial charge in [0, 0.05) is 19.6 Å². The van der Waals surface area contributed by atoms with Gasteiger partial charge >= 0.3 is 0 Å². The standard InChI is InChI=1S/C9H22NO5P/c1-5-14-7-6-9(8-10(2,3)4)15-16(11,12)13/h9H,5-8H2,1-4H3,(H-,11,12,13). The van der Waals surface area contributed by atoms with Crippen molar-refractivity contribution in [2.24, 2.45) is 0 Å². The summed E-state index contributed by atoms with van der Waals surface area (Å²) in [6.07, 6.45) is -0.115. The lowest BCUT2D eigenvalue weighted by Gasteiger charge is -2.31. The quantitative estimate of drug-likeness (QED) is 0.374. The van der Waals surface area contributed by atoms with Crippen molar-refractivity contribution in [2.75, 3.05) is 40.9 Å². The molecule has 0 rings (SSSR count). The highest BCUT2D eigenvalue weighted by atomic mass is 31.2. The molecular formula is C9H22NO5P. The van der Waals surface area contributed by atoms with Gasteiger partial charge in [-0.05, 0) is 6.92 Å². The molecule has 0 spiro atoms. The Kier molecular flexibility index (Phi) is 6.70. The molecule has 0 aromatic rings. The summed E-state index contributed by atoms with van der Waals surface area (Å²) in [6, 6.07) is 0. The molecule has 0 aliphatic heterocycles. The van der Waals surface area contributed by atoms with Gasteiger partial charge in [-0.3, -0.25) is 4.57 Å². The molecule has 2 unspecified atom stereocenters. The van der Waals surface area contributed by atoms with Crippen LogP contribution < -0.4 is 4.89 Å². The second-order valence-electron chi connectivity index (χ2n) is 4.65. The maximum absolute atomic E-state index is 10.7. The summed E-state index contributed by atoms with van der Waals surface area (Å²) in [6.45, 7) is 3.34. The molecule has 0 aromatic heterocycles. The number of quaternary nitrogens is 1. The molecule has 1 N–H and O–H groups in total. The molecule has 7 heteroatoms. The Balaban J connectivity index is 4.22. The minimum Gasteiger partial charge on any atom is -0.756 e. The van der Waals surface area contributed by atoms with E-state index in [-0.39, 0.29) is 0 Å². The van der Waals surface area contributed by atoms with Gasteiger partial charge in [-0.2, -0.15) is 0 Å². The van der Waals surface area contributed by atoms with Crippen molar-refractivity contribution in [3.05, 3.63) is 0 Å². The van der Waals surface area contributed by atoms with Gasteiger partial charge < -0.3 is 23.5 Å². The van der Waals surface area contributed by atoms with Gasteiger partial charge in [0.25, 0.3) is 7.82 Å². The lowest BCUT2D eigenvalue weighted by atomic mass is 10.2. The summed E-state index contributed by atoms with van der Waals surface area (Å²) < 4.78 is 21.0. The van der Waals surface area contributed by atoms with Gasteiger partial charge in [0.05, 0.1) is 21.1 Å². The van der Waals surface area contributed by atoms with Crippen molar-refractivity contribution in [3.63, 3.8) is 0 Å². The average molecular weight is 255 g/mol. The Morgan fingerprint density at radius 2 is 2.00 bits per heavy atom. The first kappa shape index (κ1) is 16.0. The van der Waals surface area contributed by atoms with E-state index >= 15 is 0 Å². The highest BCUT2D eigenvalue weighted by molar-refractivity contribution is 7.44. The fourth-order valence-electron chi connectivity index (χ4n) is 1.34. The molecule has 0 bridgehead atoms. The first-order valence-electron chi connectivity index (χ1n) is 5.24. The van der Waals surface area contributed by atoms with E-state index in [0.717, 1.165) is 0 Å². The SMILES string of the molecule is CCOCCC(C[N+](C)(C)C)OP(=O)([O-])O. The molecule has 0 aliphatic rings. The zero-order valence-electron chi connectivity index (χ0n) is 10.4. The third kappa shape index (κ3) is 10.5. The summed E-state index contributed by atoms with van der Waals surface area (Å²) in [4.78, 5) is 19.3. The monoisotopic (exact) mass is 255 g/mol. The Hall–Kier alpha value is 0.0300. The second-order valence-corrected chi connectivity index (χ2v) is 5.80. The molecule has 16 heavy (non-hydrogen) atoms. The summed E-state index contributed by atoms with van der Waals surface area (Å²) >= 11 is 0. The van der Waals surface area contributed by atoms with Crippen LogP contribution in [0.4, 0.5) is 0 Å². The van der Waals surface area contributed by atoms with Gasteiger partial charge in [-0.15, -0.1) is 0 Å². The summed E-state index contributed by atoms with van der Waals surface area (Å²) in [5.41, 5.74) is 0. The zero-order valence-corrected chi connectivity index (χ0v) is 11.3. The maximum atomic E-state index is 10.7. The van der Waals surface area contributed by atoms with E-state index in [0.29, 0.717) is 30.7 Å². The Labute approximate surface area is 97.0 Å². The predicted molar refractivity (Wildman–Crippen MR) is 58.7 cm³/mol. The van der Waals surface area contributed by atoms with Crippen LogP contribution in [0.5, 0.6) is 0 Å². The van der Waals surface area contributed by atoms with Gasteiger partial charge in [-0.1, -0.05) is 0 Å². The predicted octanol–water partition coefficient (Wildman–Crippen LogP) is -0.0349. The zero-order chi connectivity index (χ0) is 12.8. The fraction of sp³-hybridized carbons (Fsp3) is 1.00. The smallest absolute Gasteiger partial charge is 0.265 e. The molecule has 0 aromatic carbocycles. The molecule has 0 saturated carbocycles. The molecule has 0 aliphatic carbocycles. The van der Waals surface area contributed by atoms with E-state index in [9.17, 15) is 9.46 Å². The molecule has 0 fully saturated rings. The van der Waals surface area contributed by atoms with E-state index < -0.39 is 13.9 Å². The first-order chi connectivity index (χ1) is 7.14. The van der Waals surface area contributed by atoms with Gasteiger partial charge in [-0.25, -0.2) is 0 Å². The van der Waals surface area contributed by atoms with E-state index in [4.69, 9.17) is 9.63 Å². The largest absolute Gasteiger partial charge is 0.756 e. The van der Waals surface area contributed by atoms with Gasteiger partial charge in [0.2, 0.25) is 0 Å². The number of hydrogen-bond donors (Lipinski definition) is 1. The van der Waals surface area contributed by atoms with E-state index in [1.54, 1.807) is 0 Å². The molecule has 0 radical (unpaired) electrons. The molecule has 0 saturated heterocycles. The third-order valence-corrected chi connectivity index (χ3v) is 2.39. The number of hydrogen-bond acceptors (Lipinski definition) is 4.